The number of ether oxygens (including phenoxy) is 1. The van der Waals surface area contributed by atoms with Crippen LogP contribution in [-0.4, -0.2) is 49.3 Å². The molecule has 0 spiro atoms. The van der Waals surface area contributed by atoms with Gasteiger partial charge in [-0.15, -0.1) is 0 Å². The summed E-state index contributed by atoms with van der Waals surface area (Å²) in [6.07, 6.45) is 5.67. The number of halogens is 3. The number of thioether (sulfide) groups is 1. The third-order valence-electron chi connectivity index (χ3n) is 6.42. The highest BCUT2D eigenvalue weighted by Crippen LogP contribution is 2.36. The number of nitrogens with zero attached hydrogens (tertiary/aromatic N) is 4. The van der Waals surface area contributed by atoms with Gasteiger partial charge in [-0.1, -0.05) is 23.7 Å². The number of aromatic nitrogens is 4. The van der Waals surface area contributed by atoms with E-state index < -0.39 is 6.61 Å². The maximum atomic E-state index is 13.2. The number of benzene rings is 1. The fourth-order valence-electron chi connectivity index (χ4n) is 4.63. The van der Waals surface area contributed by atoms with E-state index in [1.54, 1.807) is 22.9 Å². The lowest BCUT2D eigenvalue weighted by molar-refractivity contribution is -0.126. The molecule has 1 amide bonds. The molecule has 1 N–H and O–H groups in total. The molecule has 1 aliphatic heterocycles. The zero-order valence-corrected chi connectivity index (χ0v) is 20.6. The molecule has 35 heavy (non-hydrogen) atoms. The first-order chi connectivity index (χ1) is 16.8. The molecule has 1 fully saturated rings. The van der Waals surface area contributed by atoms with Gasteiger partial charge in [0.15, 0.2) is 0 Å². The second-order valence-electron chi connectivity index (χ2n) is 9.09. The van der Waals surface area contributed by atoms with E-state index in [1.165, 1.54) is 18.5 Å². The molecule has 3 aromatic rings. The average molecular weight is 520 g/mol. The Morgan fingerprint density at radius 3 is 2.86 bits per heavy atom. The number of carbonyl (C=O) groups excluding carboxylic acids is 1. The van der Waals surface area contributed by atoms with Crippen molar-refractivity contribution in [3.63, 3.8) is 0 Å². The minimum absolute atomic E-state index is 0.0410. The van der Waals surface area contributed by atoms with Gasteiger partial charge in [-0.2, -0.15) is 25.6 Å². The van der Waals surface area contributed by atoms with Crippen LogP contribution in [0.2, 0.25) is 5.02 Å². The third kappa shape index (κ3) is 5.13. The van der Waals surface area contributed by atoms with Gasteiger partial charge in [0.05, 0.1) is 28.8 Å². The van der Waals surface area contributed by atoms with E-state index >= 15 is 0 Å². The van der Waals surface area contributed by atoms with Crippen molar-refractivity contribution >= 4 is 29.3 Å². The van der Waals surface area contributed by atoms with Crippen molar-refractivity contribution in [3.05, 3.63) is 52.9 Å². The van der Waals surface area contributed by atoms with Crippen molar-refractivity contribution in [1.82, 2.24) is 25.1 Å². The number of amides is 1. The van der Waals surface area contributed by atoms with Gasteiger partial charge < -0.3 is 10.1 Å². The van der Waals surface area contributed by atoms with Crippen LogP contribution in [-0.2, 0) is 17.6 Å². The Balaban J connectivity index is 1.50. The average Bonchev–Trinajstić information content (AvgIpc) is 3.43. The van der Waals surface area contributed by atoms with Crippen molar-refractivity contribution in [1.29, 1.82) is 0 Å². The standard InChI is InChI=1S/C24H24ClF2N5O2S/c1-24(7-8-35-13-24)30-21(33)15-5-6-18-19(10-15)32(23-28-11-16(25)12-29-23)31-20(18)14-3-2-4-17(9-14)34-22(26)27/h2-4,9,11-12,15,22H,5-8,10,13H2,1H3,(H,30,33). The van der Waals surface area contributed by atoms with Crippen LogP contribution in [0.3, 0.4) is 0 Å². The molecule has 5 rings (SSSR count). The smallest absolute Gasteiger partial charge is 0.387 e. The summed E-state index contributed by atoms with van der Waals surface area (Å²) in [5, 5.41) is 8.42. The molecule has 1 aromatic carbocycles. The van der Waals surface area contributed by atoms with Gasteiger partial charge in [-0.05, 0) is 44.1 Å². The van der Waals surface area contributed by atoms with Crippen LogP contribution < -0.4 is 10.1 Å². The van der Waals surface area contributed by atoms with Crippen molar-refractivity contribution in [2.24, 2.45) is 5.92 Å². The molecule has 3 heterocycles. The molecule has 7 nitrogen and oxygen atoms in total. The van der Waals surface area contributed by atoms with Crippen molar-refractivity contribution in [2.45, 2.75) is 44.8 Å². The summed E-state index contributed by atoms with van der Waals surface area (Å²) in [5.41, 5.74) is 2.88. The van der Waals surface area contributed by atoms with E-state index in [-0.39, 0.29) is 23.1 Å². The molecular formula is C24H24ClF2N5O2S. The summed E-state index contributed by atoms with van der Waals surface area (Å²) < 4.78 is 31.8. The molecule has 0 bridgehead atoms. The Hall–Kier alpha value is -2.72. The van der Waals surface area contributed by atoms with E-state index in [1.807, 2.05) is 11.8 Å². The minimum atomic E-state index is -2.92. The van der Waals surface area contributed by atoms with E-state index in [9.17, 15) is 13.6 Å². The Bertz CT molecular complexity index is 1230. The van der Waals surface area contributed by atoms with E-state index in [2.05, 4.69) is 26.9 Å². The predicted octanol–water partition coefficient (Wildman–Crippen LogP) is 4.70. The highest BCUT2D eigenvalue weighted by molar-refractivity contribution is 7.99. The predicted molar refractivity (Wildman–Crippen MR) is 130 cm³/mol. The largest absolute Gasteiger partial charge is 0.435 e. The molecule has 2 unspecified atom stereocenters. The van der Waals surface area contributed by atoms with E-state index in [4.69, 9.17) is 16.7 Å². The molecule has 2 aliphatic rings. The van der Waals surface area contributed by atoms with Crippen molar-refractivity contribution in [3.8, 4) is 23.0 Å². The SMILES string of the molecule is CC1(NC(=O)C2CCc3c(-c4cccc(OC(F)F)c4)nn(-c4ncc(Cl)cn4)c3C2)CCSC1. The summed E-state index contributed by atoms with van der Waals surface area (Å²) >= 11 is 7.83. The maximum Gasteiger partial charge on any atom is 0.387 e. The zero-order valence-electron chi connectivity index (χ0n) is 19.0. The molecule has 184 valence electrons. The first kappa shape index (κ1) is 24.0. The summed E-state index contributed by atoms with van der Waals surface area (Å²) in [6, 6.07) is 6.46. The number of rotatable bonds is 6. The second kappa shape index (κ2) is 9.73. The lowest BCUT2D eigenvalue weighted by Gasteiger charge is -2.29. The van der Waals surface area contributed by atoms with Gasteiger partial charge in [0.2, 0.25) is 5.91 Å². The van der Waals surface area contributed by atoms with Crippen LogP contribution in [0.4, 0.5) is 8.78 Å². The van der Waals surface area contributed by atoms with Crippen molar-refractivity contribution in [2.75, 3.05) is 11.5 Å². The number of fused-ring (bicyclic) bond motifs is 1. The van der Waals surface area contributed by atoms with Gasteiger partial charge in [-0.25, -0.2) is 14.6 Å². The molecule has 0 saturated carbocycles. The molecular weight excluding hydrogens is 496 g/mol. The van der Waals surface area contributed by atoms with Gasteiger partial charge in [-0.3, -0.25) is 4.79 Å². The number of nitrogens with one attached hydrogen (secondary N) is 1. The Morgan fingerprint density at radius 2 is 2.14 bits per heavy atom. The summed E-state index contributed by atoms with van der Waals surface area (Å²) in [5.74, 6) is 2.17. The first-order valence-corrected chi connectivity index (χ1v) is 12.9. The Kier molecular flexibility index (Phi) is 6.67. The molecule has 2 aromatic heterocycles. The van der Waals surface area contributed by atoms with Gasteiger partial charge in [0.25, 0.3) is 5.95 Å². The Labute approximate surface area is 210 Å². The summed E-state index contributed by atoms with van der Waals surface area (Å²) in [7, 11) is 0. The van der Waals surface area contributed by atoms with Crippen LogP contribution in [0.1, 0.15) is 31.0 Å². The highest BCUT2D eigenvalue weighted by atomic mass is 35.5. The van der Waals surface area contributed by atoms with Crippen LogP contribution in [0.15, 0.2) is 36.7 Å². The monoisotopic (exact) mass is 519 g/mol. The van der Waals surface area contributed by atoms with E-state index in [0.717, 1.165) is 29.2 Å². The molecule has 2 atom stereocenters. The van der Waals surface area contributed by atoms with Gasteiger partial charge >= 0.3 is 6.61 Å². The summed E-state index contributed by atoms with van der Waals surface area (Å²) in [4.78, 5) is 21.8. The van der Waals surface area contributed by atoms with Crippen LogP contribution in [0, 0.1) is 5.92 Å². The highest BCUT2D eigenvalue weighted by Gasteiger charge is 2.36. The van der Waals surface area contributed by atoms with Crippen molar-refractivity contribution < 1.29 is 18.3 Å². The number of hydrogen-bond donors (Lipinski definition) is 1. The number of alkyl halides is 2. The lowest BCUT2D eigenvalue weighted by atomic mass is 9.84. The molecule has 1 saturated heterocycles. The fraction of sp³-hybridized carbons (Fsp3) is 0.417. The third-order valence-corrected chi connectivity index (χ3v) is 7.95. The molecule has 0 radical (unpaired) electrons. The van der Waals surface area contributed by atoms with Gasteiger partial charge in [0, 0.05) is 34.8 Å². The number of carbonyl (C=O) groups is 1. The van der Waals surface area contributed by atoms with Crippen LogP contribution in [0.5, 0.6) is 5.75 Å². The van der Waals surface area contributed by atoms with Crippen LogP contribution in [0.25, 0.3) is 17.2 Å². The second-order valence-corrected chi connectivity index (χ2v) is 10.6. The fourth-order valence-corrected chi connectivity index (χ4v) is 6.14. The first-order valence-electron chi connectivity index (χ1n) is 11.3. The molecule has 1 aliphatic carbocycles. The Morgan fingerprint density at radius 1 is 1.34 bits per heavy atom. The minimum Gasteiger partial charge on any atom is -0.435 e. The van der Waals surface area contributed by atoms with Crippen LogP contribution >= 0.6 is 23.4 Å². The lowest BCUT2D eigenvalue weighted by Crippen LogP contribution is -2.49. The topological polar surface area (TPSA) is 81.9 Å². The quantitative estimate of drug-likeness (QED) is 0.508. The zero-order chi connectivity index (χ0) is 24.6. The number of hydrogen-bond acceptors (Lipinski definition) is 6. The van der Waals surface area contributed by atoms with Gasteiger partial charge in [0.1, 0.15) is 5.75 Å². The summed E-state index contributed by atoms with van der Waals surface area (Å²) in [6.45, 7) is -0.823. The normalized spacial score (nSPS) is 21.7. The molecule has 11 heteroatoms. The maximum absolute atomic E-state index is 13.2. The van der Waals surface area contributed by atoms with E-state index in [0.29, 0.717) is 41.5 Å².